The molecule has 1 aromatic rings. The van der Waals surface area contributed by atoms with E-state index in [1.165, 1.54) is 6.07 Å². The van der Waals surface area contributed by atoms with E-state index >= 15 is 0 Å². The van der Waals surface area contributed by atoms with Crippen LogP contribution in [-0.4, -0.2) is 38.1 Å². The number of esters is 2. The lowest BCUT2D eigenvalue weighted by Gasteiger charge is -2.12. The van der Waals surface area contributed by atoms with E-state index in [-0.39, 0.29) is 24.3 Å². The molecule has 0 saturated carbocycles. The highest BCUT2D eigenvalue weighted by atomic mass is 32.2. The Morgan fingerprint density at radius 1 is 0.893 bits per heavy atom. The van der Waals surface area contributed by atoms with Gasteiger partial charge in [-0.15, -0.1) is 0 Å². The molecule has 0 radical (unpaired) electrons. The molecule has 0 saturated heterocycles. The summed E-state index contributed by atoms with van der Waals surface area (Å²) in [4.78, 5) is 24.0. The number of carbonyl (C=O) groups is 2. The van der Waals surface area contributed by atoms with Crippen molar-refractivity contribution in [3.05, 3.63) is 29.3 Å². The smallest absolute Gasteiger partial charge is 0.338 e. The molecular formula is C20H30O7S. The molecule has 2 atom stereocenters. The fourth-order valence-electron chi connectivity index (χ4n) is 2.26. The Morgan fingerprint density at radius 2 is 1.29 bits per heavy atom. The summed E-state index contributed by atoms with van der Waals surface area (Å²) in [7, 11) is -4.61. The maximum atomic E-state index is 12.3. The predicted molar refractivity (Wildman–Crippen MR) is 105 cm³/mol. The zero-order chi connectivity index (χ0) is 21.3. The Bertz CT molecular complexity index is 725. The van der Waals surface area contributed by atoms with Crippen LogP contribution in [-0.2, 0) is 19.6 Å². The van der Waals surface area contributed by atoms with Crippen molar-refractivity contribution in [2.24, 2.45) is 11.8 Å². The van der Waals surface area contributed by atoms with Crippen molar-refractivity contribution in [3.8, 4) is 0 Å². The summed E-state index contributed by atoms with van der Waals surface area (Å²) in [6.45, 7) is 8.47. The molecule has 1 aromatic carbocycles. The van der Waals surface area contributed by atoms with Gasteiger partial charge in [0.2, 0.25) is 0 Å². The normalized spacial score (nSPS) is 13.6. The van der Waals surface area contributed by atoms with Gasteiger partial charge in [0.1, 0.15) is 0 Å². The Morgan fingerprint density at radius 3 is 1.61 bits per heavy atom. The molecule has 0 amide bonds. The van der Waals surface area contributed by atoms with Gasteiger partial charge in [0.05, 0.1) is 29.2 Å². The summed E-state index contributed by atoms with van der Waals surface area (Å²) in [6, 6.07) is 3.18. The van der Waals surface area contributed by atoms with Crippen LogP contribution in [0, 0.1) is 11.8 Å². The average molecular weight is 415 g/mol. The maximum absolute atomic E-state index is 12.3. The van der Waals surface area contributed by atoms with Crippen LogP contribution in [0.3, 0.4) is 0 Å². The number of carbonyl (C=O) groups excluding carboxylic acids is 2. The first-order valence-electron chi connectivity index (χ1n) is 9.55. The van der Waals surface area contributed by atoms with Crippen LogP contribution < -0.4 is 0 Å². The van der Waals surface area contributed by atoms with Crippen LogP contribution in [0.25, 0.3) is 0 Å². The fourth-order valence-corrected chi connectivity index (χ4v) is 2.82. The maximum Gasteiger partial charge on any atom is 0.338 e. The molecule has 8 heteroatoms. The highest BCUT2D eigenvalue weighted by Crippen LogP contribution is 2.18. The van der Waals surface area contributed by atoms with Crippen molar-refractivity contribution < 1.29 is 32.0 Å². The lowest BCUT2D eigenvalue weighted by atomic mass is 10.1. The van der Waals surface area contributed by atoms with Crippen molar-refractivity contribution in [2.45, 2.75) is 58.3 Å². The molecule has 158 valence electrons. The lowest BCUT2D eigenvalue weighted by molar-refractivity contribution is 0.0483. The molecule has 2 unspecified atom stereocenters. The summed E-state index contributed by atoms with van der Waals surface area (Å²) < 4.78 is 42.7. The monoisotopic (exact) mass is 414 g/mol. The summed E-state index contributed by atoms with van der Waals surface area (Å²) in [6.07, 6.45) is 3.24. The van der Waals surface area contributed by atoms with E-state index in [1.807, 2.05) is 27.7 Å². The third kappa shape index (κ3) is 7.98. The van der Waals surface area contributed by atoms with Gasteiger partial charge in [-0.2, -0.15) is 8.42 Å². The van der Waals surface area contributed by atoms with Gasteiger partial charge < -0.3 is 9.47 Å². The van der Waals surface area contributed by atoms with E-state index in [9.17, 15) is 22.6 Å². The molecule has 0 aliphatic carbocycles. The average Bonchev–Trinajstić information content (AvgIpc) is 2.66. The van der Waals surface area contributed by atoms with Gasteiger partial charge in [0, 0.05) is 0 Å². The summed E-state index contributed by atoms with van der Waals surface area (Å²) in [5, 5.41) is 0. The van der Waals surface area contributed by atoms with Crippen molar-refractivity contribution in [3.63, 3.8) is 0 Å². The molecule has 7 nitrogen and oxygen atoms in total. The Labute approximate surface area is 167 Å². The first kappa shape index (κ1) is 24.1. The van der Waals surface area contributed by atoms with Crippen LogP contribution in [0.4, 0.5) is 0 Å². The molecule has 1 rings (SSSR count). The van der Waals surface area contributed by atoms with E-state index in [0.717, 1.165) is 25.0 Å². The number of rotatable bonds is 11. The van der Waals surface area contributed by atoms with Gasteiger partial charge in [-0.3, -0.25) is 4.55 Å². The summed E-state index contributed by atoms with van der Waals surface area (Å²) in [5.74, 6) is -0.758. The summed E-state index contributed by atoms with van der Waals surface area (Å²) in [5.41, 5.74) is -0.263. The largest absolute Gasteiger partial charge is 0.462 e. The molecule has 0 heterocycles. The molecule has 0 spiro atoms. The second-order valence-corrected chi connectivity index (χ2v) is 8.52. The molecule has 0 aliphatic rings. The van der Waals surface area contributed by atoms with Crippen LogP contribution in [0.5, 0.6) is 0 Å². The standard InChI is InChI=1S/C20H30O7S/c1-5-14(3)7-9-26-19(21)16-11-17(13-18(12-16)28(23,24)25)20(22)27-10-8-15(4)6-2/h11-15H,5-10H2,1-4H3,(H,23,24,25). The lowest BCUT2D eigenvalue weighted by Crippen LogP contribution is -2.14. The van der Waals surface area contributed by atoms with Crippen LogP contribution in [0.15, 0.2) is 23.1 Å². The molecule has 0 aliphatic heterocycles. The van der Waals surface area contributed by atoms with Crippen molar-refractivity contribution in [1.29, 1.82) is 0 Å². The minimum absolute atomic E-state index is 0.131. The molecule has 1 N–H and O–H groups in total. The SMILES string of the molecule is CCC(C)CCOC(=O)c1cc(C(=O)OCCC(C)CC)cc(S(=O)(=O)O)c1. The quantitative estimate of drug-likeness (QED) is 0.429. The van der Waals surface area contributed by atoms with Crippen molar-refractivity contribution >= 4 is 22.1 Å². The van der Waals surface area contributed by atoms with Crippen LogP contribution >= 0.6 is 0 Å². The van der Waals surface area contributed by atoms with Crippen LogP contribution in [0.1, 0.15) is 74.1 Å². The highest BCUT2D eigenvalue weighted by molar-refractivity contribution is 7.85. The number of hydrogen-bond donors (Lipinski definition) is 1. The molecule has 28 heavy (non-hydrogen) atoms. The minimum Gasteiger partial charge on any atom is -0.462 e. The van der Waals surface area contributed by atoms with Gasteiger partial charge >= 0.3 is 11.9 Å². The number of benzene rings is 1. The molecular weight excluding hydrogens is 384 g/mol. The molecule has 0 aromatic heterocycles. The Balaban J connectivity index is 2.97. The topological polar surface area (TPSA) is 107 Å². The van der Waals surface area contributed by atoms with Gasteiger partial charge in [0.15, 0.2) is 0 Å². The number of hydrogen-bond acceptors (Lipinski definition) is 6. The second-order valence-electron chi connectivity index (χ2n) is 7.10. The van der Waals surface area contributed by atoms with Gasteiger partial charge in [0.25, 0.3) is 10.1 Å². The third-order valence-corrected chi connectivity index (χ3v) is 5.59. The minimum atomic E-state index is -4.61. The summed E-state index contributed by atoms with van der Waals surface area (Å²) >= 11 is 0. The Hall–Kier alpha value is -1.93. The number of ether oxygens (including phenoxy) is 2. The molecule has 0 bridgehead atoms. The second kappa shape index (κ2) is 11.2. The van der Waals surface area contributed by atoms with Gasteiger partial charge in [-0.25, -0.2) is 9.59 Å². The van der Waals surface area contributed by atoms with Crippen molar-refractivity contribution in [2.75, 3.05) is 13.2 Å². The Kier molecular flexibility index (Phi) is 9.61. The van der Waals surface area contributed by atoms with E-state index in [1.54, 1.807) is 0 Å². The molecule has 0 fully saturated rings. The van der Waals surface area contributed by atoms with E-state index in [0.29, 0.717) is 24.7 Å². The zero-order valence-corrected chi connectivity index (χ0v) is 17.8. The van der Waals surface area contributed by atoms with E-state index in [4.69, 9.17) is 9.47 Å². The van der Waals surface area contributed by atoms with Crippen molar-refractivity contribution in [1.82, 2.24) is 0 Å². The predicted octanol–water partition coefficient (Wildman–Crippen LogP) is 4.12. The van der Waals surface area contributed by atoms with E-state index < -0.39 is 27.0 Å². The highest BCUT2D eigenvalue weighted by Gasteiger charge is 2.20. The zero-order valence-electron chi connectivity index (χ0n) is 16.9. The van der Waals surface area contributed by atoms with Gasteiger partial charge in [-0.1, -0.05) is 40.5 Å². The first-order chi connectivity index (χ1) is 13.1. The van der Waals surface area contributed by atoms with Crippen LogP contribution in [0.2, 0.25) is 0 Å². The fraction of sp³-hybridized carbons (Fsp3) is 0.600. The first-order valence-corrected chi connectivity index (χ1v) is 11.0. The van der Waals surface area contributed by atoms with Gasteiger partial charge in [-0.05, 0) is 42.9 Å². The third-order valence-electron chi connectivity index (χ3n) is 4.76. The van der Waals surface area contributed by atoms with E-state index in [2.05, 4.69) is 0 Å².